The molecule has 1 aromatic heterocycles. The van der Waals surface area contributed by atoms with Gasteiger partial charge in [0, 0.05) is 23.4 Å². The third-order valence-corrected chi connectivity index (χ3v) is 4.67. The van der Waals surface area contributed by atoms with Gasteiger partial charge in [-0.05, 0) is 23.8 Å². The Kier molecular flexibility index (Phi) is 3.84. The highest BCUT2D eigenvalue weighted by Crippen LogP contribution is 2.27. The molecule has 1 aliphatic heterocycles. The Balaban J connectivity index is 1.78. The zero-order valence-electron chi connectivity index (χ0n) is 14.0. The summed E-state index contributed by atoms with van der Waals surface area (Å²) in [5.41, 5.74) is 1.01. The van der Waals surface area contributed by atoms with Gasteiger partial charge in [0.25, 0.3) is 11.8 Å². The van der Waals surface area contributed by atoms with E-state index in [9.17, 15) is 24.3 Å². The van der Waals surface area contributed by atoms with Crippen molar-refractivity contribution in [2.75, 3.05) is 0 Å². The van der Waals surface area contributed by atoms with E-state index in [1.807, 2.05) is 0 Å². The molecular formula is C20H14N2O5. The largest absolute Gasteiger partial charge is 0.480 e. The molecule has 0 fully saturated rings. The molecule has 7 nitrogen and oxygen atoms in total. The molecular weight excluding hydrogens is 348 g/mol. The van der Waals surface area contributed by atoms with Gasteiger partial charge in [0.2, 0.25) is 5.56 Å². The van der Waals surface area contributed by atoms with Crippen LogP contribution in [-0.2, 0) is 11.2 Å². The number of fused-ring (bicyclic) bond motifs is 2. The number of rotatable bonds is 4. The molecule has 4 rings (SSSR count). The smallest absolute Gasteiger partial charge is 0.327 e. The molecule has 2 N–H and O–H groups in total. The molecule has 134 valence electrons. The van der Waals surface area contributed by atoms with Gasteiger partial charge in [-0.3, -0.25) is 19.3 Å². The van der Waals surface area contributed by atoms with Gasteiger partial charge in [0.15, 0.2) is 0 Å². The average Bonchev–Trinajstić information content (AvgIpc) is 2.90. The number of aliphatic carboxylic acids is 1. The van der Waals surface area contributed by atoms with Crippen molar-refractivity contribution < 1.29 is 19.5 Å². The van der Waals surface area contributed by atoms with E-state index < -0.39 is 23.8 Å². The van der Waals surface area contributed by atoms with E-state index in [1.54, 1.807) is 36.4 Å². The van der Waals surface area contributed by atoms with E-state index in [0.717, 1.165) is 4.90 Å². The van der Waals surface area contributed by atoms with Gasteiger partial charge in [0.05, 0.1) is 11.1 Å². The summed E-state index contributed by atoms with van der Waals surface area (Å²) in [6.07, 6.45) is -0.161. The number of carboxylic acids is 1. The molecule has 1 aliphatic rings. The lowest BCUT2D eigenvalue weighted by atomic mass is 10.0. The number of carboxylic acid groups (broad SMARTS) is 1. The first kappa shape index (κ1) is 16.7. The summed E-state index contributed by atoms with van der Waals surface area (Å²) in [5, 5.41) is 10.4. The SMILES string of the molecule is O=C(O)[C@H](Cc1cc(=O)[nH]c2ccccc12)N1C(=O)c2ccccc2C1=O. The molecule has 27 heavy (non-hydrogen) atoms. The van der Waals surface area contributed by atoms with Crippen molar-refractivity contribution in [3.8, 4) is 0 Å². The summed E-state index contributed by atoms with van der Waals surface area (Å²) in [5.74, 6) is -2.59. The molecule has 0 unspecified atom stereocenters. The van der Waals surface area contributed by atoms with Gasteiger partial charge in [-0.15, -0.1) is 0 Å². The minimum absolute atomic E-state index is 0.161. The molecule has 0 saturated carbocycles. The predicted octanol–water partition coefficient (Wildman–Crippen LogP) is 1.82. The lowest BCUT2D eigenvalue weighted by Crippen LogP contribution is -2.46. The van der Waals surface area contributed by atoms with E-state index in [1.165, 1.54) is 18.2 Å². The van der Waals surface area contributed by atoms with E-state index in [4.69, 9.17) is 0 Å². The highest BCUT2D eigenvalue weighted by Gasteiger charge is 2.42. The standard InChI is InChI=1S/C20H14N2O5/c23-17-10-11(12-5-3-4-8-15(12)21-17)9-16(20(26)27)22-18(24)13-6-1-2-7-14(13)19(22)25/h1-8,10,16H,9H2,(H,21,23)(H,26,27)/t16-/m0/s1. The van der Waals surface area contributed by atoms with Gasteiger partial charge >= 0.3 is 5.97 Å². The zero-order chi connectivity index (χ0) is 19.1. The number of amides is 2. The number of nitrogens with one attached hydrogen (secondary N) is 1. The van der Waals surface area contributed by atoms with Gasteiger partial charge in [-0.25, -0.2) is 4.79 Å². The summed E-state index contributed by atoms with van der Waals surface area (Å²) in [6, 6.07) is 13.1. The van der Waals surface area contributed by atoms with Crippen molar-refractivity contribution in [2.24, 2.45) is 0 Å². The fourth-order valence-electron chi connectivity index (χ4n) is 3.43. The number of carbonyl (C=O) groups excluding carboxylic acids is 2. The number of benzene rings is 2. The number of imide groups is 1. The lowest BCUT2D eigenvalue weighted by Gasteiger charge is -2.23. The monoisotopic (exact) mass is 362 g/mol. The van der Waals surface area contributed by atoms with Crippen molar-refractivity contribution >= 4 is 28.7 Å². The maximum Gasteiger partial charge on any atom is 0.327 e. The predicted molar refractivity (Wildman–Crippen MR) is 96.6 cm³/mol. The second kappa shape index (κ2) is 6.21. The molecule has 2 aromatic carbocycles. The minimum Gasteiger partial charge on any atom is -0.480 e. The van der Waals surface area contributed by atoms with Crippen LogP contribution in [-0.4, -0.2) is 38.8 Å². The molecule has 0 radical (unpaired) electrons. The van der Waals surface area contributed by atoms with Crippen LogP contribution < -0.4 is 5.56 Å². The number of aromatic nitrogens is 1. The number of aromatic amines is 1. The number of carbonyl (C=O) groups is 3. The van der Waals surface area contributed by atoms with Crippen LogP contribution in [0, 0.1) is 0 Å². The number of nitrogens with zero attached hydrogens (tertiary/aromatic N) is 1. The van der Waals surface area contributed by atoms with Crippen molar-refractivity contribution in [1.29, 1.82) is 0 Å². The fourth-order valence-corrected chi connectivity index (χ4v) is 3.43. The first-order chi connectivity index (χ1) is 13.0. The first-order valence-corrected chi connectivity index (χ1v) is 8.28. The minimum atomic E-state index is -1.41. The highest BCUT2D eigenvalue weighted by molar-refractivity contribution is 6.22. The van der Waals surface area contributed by atoms with Crippen LogP contribution in [0.2, 0.25) is 0 Å². The lowest BCUT2D eigenvalue weighted by molar-refractivity contribution is -0.141. The maximum absolute atomic E-state index is 12.6. The van der Waals surface area contributed by atoms with Crippen LogP contribution in [0.4, 0.5) is 0 Å². The normalized spacial score (nSPS) is 14.4. The fraction of sp³-hybridized carbons (Fsp3) is 0.100. The van der Waals surface area contributed by atoms with Crippen molar-refractivity contribution in [2.45, 2.75) is 12.5 Å². The Morgan fingerprint density at radius 2 is 1.56 bits per heavy atom. The number of hydrogen-bond acceptors (Lipinski definition) is 4. The molecule has 3 aromatic rings. The molecule has 0 aliphatic carbocycles. The molecule has 0 saturated heterocycles. The second-order valence-corrected chi connectivity index (χ2v) is 6.29. The van der Waals surface area contributed by atoms with Crippen molar-refractivity contribution in [1.82, 2.24) is 9.88 Å². The van der Waals surface area contributed by atoms with Gasteiger partial charge in [-0.2, -0.15) is 0 Å². The summed E-state index contributed by atoms with van der Waals surface area (Å²) >= 11 is 0. The summed E-state index contributed by atoms with van der Waals surface area (Å²) in [7, 11) is 0. The van der Waals surface area contributed by atoms with Gasteiger partial charge in [-0.1, -0.05) is 30.3 Å². The highest BCUT2D eigenvalue weighted by atomic mass is 16.4. The topological polar surface area (TPSA) is 108 Å². The van der Waals surface area contributed by atoms with Crippen LogP contribution in [0.3, 0.4) is 0 Å². The molecule has 2 amide bonds. The molecule has 2 heterocycles. The van der Waals surface area contributed by atoms with Crippen LogP contribution in [0.5, 0.6) is 0 Å². The van der Waals surface area contributed by atoms with Crippen LogP contribution in [0.1, 0.15) is 26.3 Å². The van der Waals surface area contributed by atoms with E-state index in [-0.39, 0.29) is 23.1 Å². The Morgan fingerprint density at radius 3 is 2.19 bits per heavy atom. The third-order valence-electron chi connectivity index (χ3n) is 4.67. The summed E-state index contributed by atoms with van der Waals surface area (Å²) in [6.45, 7) is 0. The number of H-pyrrole nitrogens is 1. The Labute approximate surface area is 152 Å². The quantitative estimate of drug-likeness (QED) is 0.689. The van der Waals surface area contributed by atoms with Crippen molar-refractivity contribution in [3.63, 3.8) is 0 Å². The summed E-state index contributed by atoms with van der Waals surface area (Å²) in [4.78, 5) is 52.6. The molecule has 1 atom stereocenters. The summed E-state index contributed by atoms with van der Waals surface area (Å²) < 4.78 is 0. The van der Waals surface area contributed by atoms with E-state index in [2.05, 4.69) is 4.98 Å². The molecule has 0 bridgehead atoms. The Bertz CT molecular complexity index is 1130. The molecule has 7 heteroatoms. The van der Waals surface area contributed by atoms with Crippen LogP contribution in [0.25, 0.3) is 10.9 Å². The van der Waals surface area contributed by atoms with Crippen LogP contribution >= 0.6 is 0 Å². The van der Waals surface area contributed by atoms with Gasteiger partial charge in [0.1, 0.15) is 6.04 Å². The van der Waals surface area contributed by atoms with E-state index in [0.29, 0.717) is 16.5 Å². The van der Waals surface area contributed by atoms with Crippen molar-refractivity contribution in [3.05, 3.63) is 81.6 Å². The van der Waals surface area contributed by atoms with Gasteiger partial charge < -0.3 is 10.1 Å². The maximum atomic E-state index is 12.6. The number of pyridine rings is 1. The zero-order valence-corrected chi connectivity index (χ0v) is 14.0. The average molecular weight is 362 g/mol. The molecule has 0 spiro atoms. The second-order valence-electron chi connectivity index (χ2n) is 6.29. The Morgan fingerprint density at radius 1 is 0.963 bits per heavy atom. The van der Waals surface area contributed by atoms with E-state index >= 15 is 0 Å². The third kappa shape index (κ3) is 2.69. The number of para-hydroxylation sites is 1. The number of hydrogen-bond donors (Lipinski definition) is 2. The first-order valence-electron chi connectivity index (χ1n) is 8.28. The Hall–Kier alpha value is -3.74. The van der Waals surface area contributed by atoms with Crippen LogP contribution in [0.15, 0.2) is 59.4 Å².